The van der Waals surface area contributed by atoms with Gasteiger partial charge < -0.3 is 5.11 Å². The van der Waals surface area contributed by atoms with E-state index in [4.69, 9.17) is 11.6 Å². The molecule has 0 saturated heterocycles. The maximum Gasteiger partial charge on any atom is 0.159 e. The third-order valence-corrected chi connectivity index (χ3v) is 2.69. The van der Waals surface area contributed by atoms with Crippen LogP contribution in [0.25, 0.3) is 5.82 Å². The van der Waals surface area contributed by atoms with Crippen LogP contribution in [0, 0.1) is 6.92 Å². The summed E-state index contributed by atoms with van der Waals surface area (Å²) in [6.45, 7) is 3.52. The van der Waals surface area contributed by atoms with Crippen LogP contribution in [0.15, 0.2) is 24.5 Å². The molecule has 1 N–H and O–H groups in total. The lowest BCUT2D eigenvalue weighted by Gasteiger charge is -2.09. The van der Waals surface area contributed by atoms with E-state index < -0.39 is 6.10 Å². The standard InChI is InChI=1S/C11H12ClN3O/c1-7-10(12)6-15(14-7)11-9(8(2)16)4-3-5-13-11/h3-6,8,16H,1-2H3. The van der Waals surface area contributed by atoms with Gasteiger partial charge in [-0.3, -0.25) is 0 Å². The van der Waals surface area contributed by atoms with Gasteiger partial charge in [0, 0.05) is 11.8 Å². The van der Waals surface area contributed by atoms with Crippen LogP contribution in [0.4, 0.5) is 0 Å². The Morgan fingerprint density at radius 3 is 2.81 bits per heavy atom. The Balaban J connectivity index is 2.55. The molecule has 0 aliphatic rings. The molecule has 0 saturated carbocycles. The number of nitrogens with zero attached hydrogens (tertiary/aromatic N) is 3. The number of halogens is 1. The van der Waals surface area contributed by atoms with Crippen molar-refractivity contribution in [2.75, 3.05) is 0 Å². The zero-order valence-electron chi connectivity index (χ0n) is 9.05. The molecule has 4 nitrogen and oxygen atoms in total. The molecule has 0 bridgehead atoms. The molecule has 2 rings (SSSR count). The van der Waals surface area contributed by atoms with E-state index in [2.05, 4.69) is 10.1 Å². The fraction of sp³-hybridized carbons (Fsp3) is 0.273. The van der Waals surface area contributed by atoms with Crippen LogP contribution in [0.5, 0.6) is 0 Å². The van der Waals surface area contributed by atoms with E-state index in [-0.39, 0.29) is 0 Å². The predicted molar refractivity (Wildman–Crippen MR) is 61.7 cm³/mol. The lowest BCUT2D eigenvalue weighted by atomic mass is 10.1. The summed E-state index contributed by atoms with van der Waals surface area (Å²) in [4.78, 5) is 4.21. The topological polar surface area (TPSA) is 50.9 Å². The molecular formula is C11H12ClN3O. The van der Waals surface area contributed by atoms with Crippen LogP contribution in [0.2, 0.25) is 5.02 Å². The average Bonchev–Trinajstić information content (AvgIpc) is 2.59. The third-order valence-electron chi connectivity index (χ3n) is 2.32. The molecule has 0 spiro atoms. The molecule has 0 aromatic carbocycles. The minimum Gasteiger partial charge on any atom is -0.389 e. The van der Waals surface area contributed by atoms with E-state index in [1.54, 1.807) is 30.1 Å². The van der Waals surface area contributed by atoms with Gasteiger partial charge in [-0.25, -0.2) is 9.67 Å². The predicted octanol–water partition coefficient (Wildman–Crippen LogP) is 2.28. The molecule has 2 aromatic rings. The summed E-state index contributed by atoms with van der Waals surface area (Å²) in [6.07, 6.45) is 2.75. The van der Waals surface area contributed by atoms with Gasteiger partial charge in [-0.15, -0.1) is 0 Å². The molecule has 2 aromatic heterocycles. The second-order valence-electron chi connectivity index (χ2n) is 3.60. The molecular weight excluding hydrogens is 226 g/mol. The van der Waals surface area contributed by atoms with Crippen molar-refractivity contribution in [2.24, 2.45) is 0 Å². The second-order valence-corrected chi connectivity index (χ2v) is 4.01. The van der Waals surface area contributed by atoms with E-state index in [0.717, 1.165) is 11.3 Å². The molecule has 0 aliphatic carbocycles. The molecule has 1 atom stereocenters. The van der Waals surface area contributed by atoms with Gasteiger partial charge in [0.1, 0.15) is 0 Å². The Kier molecular flexibility index (Phi) is 2.94. The zero-order valence-corrected chi connectivity index (χ0v) is 9.81. The maximum atomic E-state index is 9.63. The van der Waals surface area contributed by atoms with Crippen molar-refractivity contribution in [3.63, 3.8) is 0 Å². The Hall–Kier alpha value is -1.39. The summed E-state index contributed by atoms with van der Waals surface area (Å²) in [5.74, 6) is 0.604. The van der Waals surface area contributed by atoms with E-state index in [1.807, 2.05) is 13.0 Å². The number of aliphatic hydroxyl groups is 1. The van der Waals surface area contributed by atoms with Gasteiger partial charge in [0.25, 0.3) is 0 Å². The smallest absolute Gasteiger partial charge is 0.159 e. The number of rotatable bonds is 2. The molecule has 5 heteroatoms. The van der Waals surface area contributed by atoms with Crippen molar-refractivity contribution in [1.82, 2.24) is 14.8 Å². The average molecular weight is 238 g/mol. The summed E-state index contributed by atoms with van der Waals surface area (Å²) >= 11 is 5.94. The molecule has 0 aliphatic heterocycles. The SMILES string of the molecule is Cc1nn(-c2ncccc2C(C)O)cc1Cl. The van der Waals surface area contributed by atoms with Crippen LogP contribution >= 0.6 is 11.6 Å². The molecule has 2 heterocycles. The molecule has 84 valence electrons. The van der Waals surface area contributed by atoms with E-state index >= 15 is 0 Å². The van der Waals surface area contributed by atoms with Crippen molar-refractivity contribution >= 4 is 11.6 Å². The van der Waals surface area contributed by atoms with Crippen molar-refractivity contribution in [1.29, 1.82) is 0 Å². The first-order valence-corrected chi connectivity index (χ1v) is 5.32. The van der Waals surface area contributed by atoms with Crippen LogP contribution in [-0.2, 0) is 0 Å². The minimum atomic E-state index is -0.591. The normalized spacial score (nSPS) is 12.8. The Morgan fingerprint density at radius 1 is 1.50 bits per heavy atom. The molecule has 0 radical (unpaired) electrons. The van der Waals surface area contributed by atoms with Crippen LogP contribution in [0.1, 0.15) is 24.3 Å². The summed E-state index contributed by atoms with van der Waals surface area (Å²) in [5, 5.41) is 14.4. The number of aryl methyl sites for hydroxylation is 1. The monoisotopic (exact) mass is 237 g/mol. The van der Waals surface area contributed by atoms with Gasteiger partial charge >= 0.3 is 0 Å². The fourth-order valence-electron chi connectivity index (χ4n) is 1.47. The van der Waals surface area contributed by atoms with E-state index in [1.165, 1.54) is 0 Å². The number of hydrogen-bond acceptors (Lipinski definition) is 3. The van der Waals surface area contributed by atoms with Crippen molar-refractivity contribution < 1.29 is 5.11 Å². The first-order valence-electron chi connectivity index (χ1n) is 4.94. The summed E-state index contributed by atoms with van der Waals surface area (Å²) in [5.41, 5.74) is 1.46. The Morgan fingerprint density at radius 2 is 2.25 bits per heavy atom. The van der Waals surface area contributed by atoms with Gasteiger partial charge in [0.15, 0.2) is 5.82 Å². The molecule has 0 fully saturated rings. The lowest BCUT2D eigenvalue weighted by molar-refractivity contribution is 0.198. The molecule has 1 unspecified atom stereocenters. The van der Waals surface area contributed by atoms with Gasteiger partial charge in [0.2, 0.25) is 0 Å². The highest BCUT2D eigenvalue weighted by Gasteiger charge is 2.12. The number of pyridine rings is 1. The molecule has 16 heavy (non-hydrogen) atoms. The third kappa shape index (κ3) is 1.94. The lowest BCUT2D eigenvalue weighted by Crippen LogP contribution is -2.05. The number of aromatic nitrogens is 3. The first-order chi connectivity index (χ1) is 7.59. The van der Waals surface area contributed by atoms with Gasteiger partial charge in [-0.05, 0) is 19.9 Å². The van der Waals surface area contributed by atoms with Crippen LogP contribution in [0.3, 0.4) is 0 Å². The first kappa shape index (κ1) is 11.1. The van der Waals surface area contributed by atoms with Crippen LogP contribution in [-0.4, -0.2) is 19.9 Å². The summed E-state index contributed by atoms with van der Waals surface area (Å²) in [6, 6.07) is 3.60. The fourth-order valence-corrected chi connectivity index (χ4v) is 1.60. The highest BCUT2D eigenvalue weighted by molar-refractivity contribution is 6.31. The van der Waals surface area contributed by atoms with Crippen molar-refractivity contribution in [2.45, 2.75) is 20.0 Å². The minimum absolute atomic E-state index is 0.585. The highest BCUT2D eigenvalue weighted by atomic mass is 35.5. The van der Waals surface area contributed by atoms with Gasteiger partial charge in [-0.1, -0.05) is 17.7 Å². The summed E-state index contributed by atoms with van der Waals surface area (Å²) in [7, 11) is 0. The van der Waals surface area contributed by atoms with Crippen molar-refractivity contribution in [3.05, 3.63) is 40.8 Å². The Labute approximate surface area is 98.5 Å². The van der Waals surface area contributed by atoms with Crippen molar-refractivity contribution in [3.8, 4) is 5.82 Å². The van der Waals surface area contributed by atoms with E-state index in [0.29, 0.717) is 10.8 Å². The number of hydrogen-bond donors (Lipinski definition) is 1. The number of aliphatic hydroxyl groups excluding tert-OH is 1. The largest absolute Gasteiger partial charge is 0.389 e. The van der Waals surface area contributed by atoms with Gasteiger partial charge in [0.05, 0.1) is 23.0 Å². The molecule has 0 amide bonds. The quantitative estimate of drug-likeness (QED) is 0.872. The highest BCUT2D eigenvalue weighted by Crippen LogP contribution is 2.21. The Bertz CT molecular complexity index is 488. The second kappa shape index (κ2) is 4.23. The zero-order chi connectivity index (χ0) is 11.7. The van der Waals surface area contributed by atoms with Gasteiger partial charge in [-0.2, -0.15) is 5.10 Å². The summed E-state index contributed by atoms with van der Waals surface area (Å²) < 4.78 is 1.58. The van der Waals surface area contributed by atoms with Crippen LogP contribution < -0.4 is 0 Å². The maximum absolute atomic E-state index is 9.63. The van der Waals surface area contributed by atoms with E-state index in [9.17, 15) is 5.11 Å².